The van der Waals surface area contributed by atoms with Gasteiger partial charge < -0.3 is 20.3 Å². The van der Waals surface area contributed by atoms with E-state index in [-0.39, 0.29) is 18.1 Å². The maximum absolute atomic E-state index is 12.4. The van der Waals surface area contributed by atoms with Crippen molar-refractivity contribution in [1.82, 2.24) is 10.6 Å². The number of ether oxygens (including phenoxy) is 1. The number of methoxy groups -OCH3 is 1. The zero-order valence-electron chi connectivity index (χ0n) is 16.2. The van der Waals surface area contributed by atoms with E-state index in [0.29, 0.717) is 0 Å². The van der Waals surface area contributed by atoms with E-state index in [0.717, 1.165) is 43.7 Å². The van der Waals surface area contributed by atoms with Gasteiger partial charge in [-0.2, -0.15) is 0 Å². The second-order valence-corrected chi connectivity index (χ2v) is 7.20. The van der Waals surface area contributed by atoms with Crippen LogP contribution in [-0.2, 0) is 6.42 Å². The van der Waals surface area contributed by atoms with Crippen molar-refractivity contribution in [3.05, 3.63) is 60.2 Å². The van der Waals surface area contributed by atoms with Gasteiger partial charge in [0.05, 0.1) is 7.11 Å². The van der Waals surface area contributed by atoms with Crippen molar-refractivity contribution in [3.8, 4) is 5.75 Å². The number of piperidine rings is 1. The molecule has 2 aromatic carbocycles. The highest BCUT2D eigenvalue weighted by Crippen LogP contribution is 2.19. The lowest BCUT2D eigenvalue weighted by Gasteiger charge is -2.35. The number of anilines is 1. The molecule has 2 atom stereocenters. The molecule has 1 aliphatic rings. The van der Waals surface area contributed by atoms with Gasteiger partial charge in [0.15, 0.2) is 0 Å². The second-order valence-electron chi connectivity index (χ2n) is 7.20. The van der Waals surface area contributed by atoms with Crippen molar-refractivity contribution in [2.24, 2.45) is 0 Å². The SMILES string of the molecule is COc1cccc(CC(C)NC(=O)NC2CCCN(c3ccccc3)C2)c1. The fourth-order valence-electron chi connectivity index (χ4n) is 3.62. The highest BCUT2D eigenvalue weighted by molar-refractivity contribution is 5.74. The van der Waals surface area contributed by atoms with Crippen LogP contribution < -0.4 is 20.3 Å². The van der Waals surface area contributed by atoms with E-state index in [4.69, 9.17) is 4.74 Å². The molecule has 1 saturated heterocycles. The Hall–Kier alpha value is -2.69. The zero-order valence-corrected chi connectivity index (χ0v) is 16.2. The third kappa shape index (κ3) is 5.64. The predicted molar refractivity (Wildman–Crippen MR) is 110 cm³/mol. The summed E-state index contributed by atoms with van der Waals surface area (Å²) in [5, 5.41) is 6.20. The van der Waals surface area contributed by atoms with Crippen LogP contribution in [-0.4, -0.2) is 38.3 Å². The summed E-state index contributed by atoms with van der Waals surface area (Å²) in [5.41, 5.74) is 2.37. The van der Waals surface area contributed by atoms with E-state index >= 15 is 0 Å². The fourth-order valence-corrected chi connectivity index (χ4v) is 3.62. The number of para-hydroxylation sites is 1. The van der Waals surface area contributed by atoms with Crippen molar-refractivity contribution in [1.29, 1.82) is 0 Å². The molecule has 0 aromatic heterocycles. The standard InChI is InChI=1S/C22H29N3O2/c1-17(14-18-8-6-12-21(15-18)27-2)23-22(26)24-19-9-7-13-25(16-19)20-10-4-3-5-11-20/h3-6,8,10-12,15,17,19H,7,9,13-14,16H2,1-2H3,(H2,23,24,26). The van der Waals surface area contributed by atoms with E-state index < -0.39 is 0 Å². The Morgan fingerprint density at radius 3 is 2.81 bits per heavy atom. The van der Waals surface area contributed by atoms with Crippen LogP contribution in [0.4, 0.5) is 10.5 Å². The highest BCUT2D eigenvalue weighted by atomic mass is 16.5. The first-order chi connectivity index (χ1) is 13.1. The predicted octanol–water partition coefficient (Wildman–Crippen LogP) is 3.59. The minimum atomic E-state index is -0.0923. The Kier molecular flexibility index (Phi) is 6.58. The van der Waals surface area contributed by atoms with Crippen molar-refractivity contribution in [2.75, 3.05) is 25.1 Å². The lowest BCUT2D eigenvalue weighted by atomic mass is 10.0. The first kappa shape index (κ1) is 19.1. The third-order valence-electron chi connectivity index (χ3n) is 4.93. The maximum Gasteiger partial charge on any atom is 0.315 e. The summed E-state index contributed by atoms with van der Waals surface area (Å²) in [5.74, 6) is 0.840. The normalized spacial score (nSPS) is 17.9. The summed E-state index contributed by atoms with van der Waals surface area (Å²) in [6, 6.07) is 18.5. The minimum absolute atomic E-state index is 0.0472. The molecule has 0 radical (unpaired) electrons. The molecule has 5 nitrogen and oxygen atoms in total. The number of hydrogen-bond acceptors (Lipinski definition) is 3. The molecule has 3 rings (SSSR count). The Balaban J connectivity index is 1.48. The fraction of sp³-hybridized carbons (Fsp3) is 0.409. The van der Waals surface area contributed by atoms with Crippen LogP contribution in [0.3, 0.4) is 0 Å². The molecule has 2 N–H and O–H groups in total. The smallest absolute Gasteiger partial charge is 0.315 e. The lowest BCUT2D eigenvalue weighted by molar-refractivity contribution is 0.232. The number of amides is 2. The second kappa shape index (κ2) is 9.31. The molecule has 1 aliphatic heterocycles. The Morgan fingerprint density at radius 2 is 2.04 bits per heavy atom. The van der Waals surface area contributed by atoms with E-state index in [9.17, 15) is 4.79 Å². The number of hydrogen-bond donors (Lipinski definition) is 2. The van der Waals surface area contributed by atoms with Gasteiger partial charge in [-0.25, -0.2) is 4.79 Å². The van der Waals surface area contributed by atoms with Gasteiger partial charge in [-0.1, -0.05) is 30.3 Å². The number of rotatable bonds is 6. The van der Waals surface area contributed by atoms with Gasteiger partial charge in [-0.05, 0) is 56.0 Å². The van der Waals surface area contributed by atoms with Gasteiger partial charge in [-0.15, -0.1) is 0 Å². The molecule has 144 valence electrons. The minimum Gasteiger partial charge on any atom is -0.497 e. The van der Waals surface area contributed by atoms with Gasteiger partial charge in [0.2, 0.25) is 0 Å². The molecule has 1 heterocycles. The van der Waals surface area contributed by atoms with Crippen molar-refractivity contribution in [2.45, 2.75) is 38.3 Å². The van der Waals surface area contributed by atoms with Crippen molar-refractivity contribution < 1.29 is 9.53 Å². The molecule has 5 heteroatoms. The zero-order chi connectivity index (χ0) is 19.1. The summed E-state index contributed by atoms with van der Waals surface area (Å²) in [4.78, 5) is 14.8. The number of benzene rings is 2. The molecule has 1 fully saturated rings. The molecule has 2 amide bonds. The summed E-state index contributed by atoms with van der Waals surface area (Å²) in [7, 11) is 1.66. The largest absolute Gasteiger partial charge is 0.497 e. The van der Waals surface area contributed by atoms with Crippen molar-refractivity contribution >= 4 is 11.7 Å². The van der Waals surface area contributed by atoms with E-state index in [1.807, 2.05) is 31.2 Å². The number of carbonyl (C=O) groups excluding carboxylic acids is 1. The van der Waals surface area contributed by atoms with E-state index in [1.165, 1.54) is 5.69 Å². The topological polar surface area (TPSA) is 53.6 Å². The van der Waals surface area contributed by atoms with Gasteiger partial charge in [0, 0.05) is 30.9 Å². The maximum atomic E-state index is 12.4. The number of nitrogens with zero attached hydrogens (tertiary/aromatic N) is 1. The van der Waals surface area contributed by atoms with Gasteiger partial charge in [0.25, 0.3) is 0 Å². The lowest BCUT2D eigenvalue weighted by Crippen LogP contribution is -2.52. The van der Waals surface area contributed by atoms with Crippen molar-refractivity contribution in [3.63, 3.8) is 0 Å². The average Bonchev–Trinajstić information content (AvgIpc) is 2.68. The van der Waals surface area contributed by atoms with E-state index in [2.05, 4.69) is 45.9 Å². The average molecular weight is 367 g/mol. The van der Waals surface area contributed by atoms with Gasteiger partial charge >= 0.3 is 6.03 Å². The van der Waals surface area contributed by atoms with Crippen LogP contribution in [0.5, 0.6) is 5.75 Å². The van der Waals surface area contributed by atoms with Crippen LogP contribution in [0.25, 0.3) is 0 Å². The Labute approximate surface area is 161 Å². The summed E-state index contributed by atoms with van der Waals surface area (Å²) in [6.45, 7) is 3.91. The molecule has 0 bridgehead atoms. The van der Waals surface area contributed by atoms with Crippen LogP contribution in [0.2, 0.25) is 0 Å². The van der Waals surface area contributed by atoms with E-state index in [1.54, 1.807) is 7.11 Å². The molecule has 0 aliphatic carbocycles. The third-order valence-corrected chi connectivity index (χ3v) is 4.93. The monoisotopic (exact) mass is 367 g/mol. The van der Waals surface area contributed by atoms with Gasteiger partial charge in [-0.3, -0.25) is 0 Å². The molecule has 2 aromatic rings. The molecule has 27 heavy (non-hydrogen) atoms. The van der Waals surface area contributed by atoms with Gasteiger partial charge in [0.1, 0.15) is 5.75 Å². The molecular formula is C22H29N3O2. The number of urea groups is 1. The van der Waals surface area contributed by atoms with Crippen LogP contribution in [0.1, 0.15) is 25.3 Å². The number of carbonyl (C=O) groups is 1. The summed E-state index contributed by atoms with van der Waals surface area (Å²) < 4.78 is 5.26. The molecular weight excluding hydrogens is 338 g/mol. The summed E-state index contributed by atoms with van der Waals surface area (Å²) in [6.07, 6.45) is 2.87. The van der Waals surface area contributed by atoms with Crippen LogP contribution >= 0.6 is 0 Å². The Bertz CT molecular complexity index is 735. The number of nitrogens with one attached hydrogen (secondary N) is 2. The molecule has 0 saturated carbocycles. The molecule has 2 unspecified atom stereocenters. The highest BCUT2D eigenvalue weighted by Gasteiger charge is 2.22. The van der Waals surface area contributed by atoms with Crippen LogP contribution in [0.15, 0.2) is 54.6 Å². The first-order valence-electron chi connectivity index (χ1n) is 9.64. The van der Waals surface area contributed by atoms with Crippen LogP contribution in [0, 0.1) is 0 Å². The Morgan fingerprint density at radius 1 is 1.22 bits per heavy atom. The quantitative estimate of drug-likeness (QED) is 0.820. The molecule has 0 spiro atoms. The first-order valence-corrected chi connectivity index (χ1v) is 9.64. The summed E-state index contributed by atoms with van der Waals surface area (Å²) >= 11 is 0.